The molecule has 0 saturated heterocycles. The lowest BCUT2D eigenvalue weighted by Crippen LogP contribution is -2.26. The number of hydrogen-bond donors (Lipinski definition) is 2. The summed E-state index contributed by atoms with van der Waals surface area (Å²) in [6.45, 7) is 3.88. The van der Waals surface area contributed by atoms with Gasteiger partial charge in [-0.05, 0) is 32.0 Å². The summed E-state index contributed by atoms with van der Waals surface area (Å²) in [6, 6.07) is 18.4. The fourth-order valence-electron chi connectivity index (χ4n) is 2.90. The average Bonchev–Trinajstić information content (AvgIpc) is 3.09. The van der Waals surface area contributed by atoms with Crippen molar-refractivity contribution >= 4 is 10.0 Å². The van der Waals surface area contributed by atoms with Crippen LogP contribution >= 0.6 is 0 Å². The molecule has 2 N–H and O–H groups in total. The molecule has 0 saturated carbocycles. The highest BCUT2D eigenvalue weighted by molar-refractivity contribution is 7.88. The molecule has 0 fully saturated rings. The molecule has 1 heterocycles. The van der Waals surface area contributed by atoms with E-state index in [2.05, 4.69) is 41.2 Å². The first kappa shape index (κ1) is 20.3. The van der Waals surface area contributed by atoms with Crippen LogP contribution in [-0.4, -0.2) is 37.5 Å². The maximum atomic E-state index is 11.1. The van der Waals surface area contributed by atoms with Crippen molar-refractivity contribution in [3.8, 4) is 16.9 Å². The normalized spacial score (nSPS) is 11.6. The number of nitrogens with one attached hydrogen (secondary N) is 2. The van der Waals surface area contributed by atoms with Gasteiger partial charge < -0.3 is 5.32 Å². The van der Waals surface area contributed by atoms with Crippen LogP contribution < -0.4 is 10.0 Å². The van der Waals surface area contributed by atoms with Gasteiger partial charge in [-0.2, -0.15) is 5.10 Å². The third-order valence-electron chi connectivity index (χ3n) is 4.35. The van der Waals surface area contributed by atoms with Gasteiger partial charge in [0.25, 0.3) is 0 Å². The molecular weight excluding hydrogens is 372 g/mol. The van der Waals surface area contributed by atoms with Crippen LogP contribution in [0.1, 0.15) is 17.5 Å². The second kappa shape index (κ2) is 9.14. The predicted molar refractivity (Wildman–Crippen MR) is 113 cm³/mol. The van der Waals surface area contributed by atoms with Crippen molar-refractivity contribution < 1.29 is 8.42 Å². The van der Waals surface area contributed by atoms with Gasteiger partial charge in [0.15, 0.2) is 0 Å². The number of aromatic nitrogens is 2. The highest BCUT2D eigenvalue weighted by atomic mass is 32.2. The van der Waals surface area contributed by atoms with E-state index in [-0.39, 0.29) is 0 Å². The van der Waals surface area contributed by atoms with Gasteiger partial charge in [0, 0.05) is 30.4 Å². The SMILES string of the molecule is Cc1ccc(-c2nn(-c3ccccc3)cc2CNCCCNS(C)(=O)=O)cc1. The zero-order chi connectivity index (χ0) is 20.0. The number of para-hydroxylation sites is 1. The lowest BCUT2D eigenvalue weighted by molar-refractivity contribution is 0.579. The first-order chi connectivity index (χ1) is 13.4. The molecule has 6 nitrogen and oxygen atoms in total. The molecule has 7 heteroatoms. The van der Waals surface area contributed by atoms with Gasteiger partial charge in [-0.25, -0.2) is 17.8 Å². The lowest BCUT2D eigenvalue weighted by Gasteiger charge is -2.06. The van der Waals surface area contributed by atoms with Crippen molar-refractivity contribution in [1.82, 2.24) is 19.8 Å². The number of rotatable bonds is 9. The molecule has 148 valence electrons. The van der Waals surface area contributed by atoms with Crippen molar-refractivity contribution in [2.45, 2.75) is 19.9 Å². The van der Waals surface area contributed by atoms with Crippen molar-refractivity contribution in [1.29, 1.82) is 0 Å². The number of nitrogens with zero attached hydrogens (tertiary/aromatic N) is 2. The maximum Gasteiger partial charge on any atom is 0.208 e. The molecule has 2 aromatic carbocycles. The summed E-state index contributed by atoms with van der Waals surface area (Å²) < 4.78 is 26.6. The summed E-state index contributed by atoms with van der Waals surface area (Å²) in [7, 11) is -3.13. The Morgan fingerprint density at radius 3 is 2.39 bits per heavy atom. The van der Waals surface area contributed by atoms with Gasteiger partial charge in [0.05, 0.1) is 17.6 Å². The van der Waals surface area contributed by atoms with E-state index < -0.39 is 10.0 Å². The van der Waals surface area contributed by atoms with E-state index in [1.165, 1.54) is 11.8 Å². The van der Waals surface area contributed by atoms with E-state index in [9.17, 15) is 8.42 Å². The van der Waals surface area contributed by atoms with Gasteiger partial charge in [-0.15, -0.1) is 0 Å². The molecule has 0 aliphatic heterocycles. The number of benzene rings is 2. The van der Waals surface area contributed by atoms with Crippen LogP contribution in [0.4, 0.5) is 0 Å². The third-order valence-corrected chi connectivity index (χ3v) is 5.07. The highest BCUT2D eigenvalue weighted by Crippen LogP contribution is 2.24. The second-order valence-corrected chi connectivity index (χ2v) is 8.68. The second-order valence-electron chi connectivity index (χ2n) is 6.85. The summed E-state index contributed by atoms with van der Waals surface area (Å²) in [5, 5.41) is 8.20. The van der Waals surface area contributed by atoms with Gasteiger partial charge >= 0.3 is 0 Å². The number of aryl methyl sites for hydroxylation is 1. The van der Waals surface area contributed by atoms with Crippen molar-refractivity contribution in [3.63, 3.8) is 0 Å². The smallest absolute Gasteiger partial charge is 0.208 e. The molecule has 1 aromatic heterocycles. The number of hydrogen-bond acceptors (Lipinski definition) is 4. The summed E-state index contributed by atoms with van der Waals surface area (Å²) in [6.07, 6.45) is 3.94. The van der Waals surface area contributed by atoms with Crippen LogP contribution in [-0.2, 0) is 16.6 Å². The van der Waals surface area contributed by atoms with Gasteiger partial charge in [-0.3, -0.25) is 0 Å². The van der Waals surface area contributed by atoms with E-state index in [1.54, 1.807) is 0 Å². The fraction of sp³-hybridized carbons (Fsp3) is 0.286. The zero-order valence-electron chi connectivity index (χ0n) is 16.2. The predicted octanol–water partition coefficient (Wildman–Crippen LogP) is 2.88. The van der Waals surface area contributed by atoms with Crippen molar-refractivity contribution in [2.24, 2.45) is 0 Å². The Kier molecular flexibility index (Phi) is 6.61. The van der Waals surface area contributed by atoms with Crippen LogP contribution in [0.2, 0.25) is 0 Å². The first-order valence-electron chi connectivity index (χ1n) is 9.29. The molecule has 0 radical (unpaired) electrons. The third kappa shape index (κ3) is 5.76. The molecule has 28 heavy (non-hydrogen) atoms. The van der Waals surface area contributed by atoms with E-state index in [0.29, 0.717) is 19.6 Å². The minimum atomic E-state index is -3.13. The summed E-state index contributed by atoms with van der Waals surface area (Å²) in [5.41, 5.74) is 5.36. The molecular formula is C21H26N4O2S. The molecule has 3 rings (SSSR count). The minimum Gasteiger partial charge on any atom is -0.312 e. The molecule has 0 unspecified atom stereocenters. The number of sulfonamides is 1. The average molecular weight is 399 g/mol. The summed E-state index contributed by atoms with van der Waals surface area (Å²) in [4.78, 5) is 0. The molecule has 0 atom stereocenters. The molecule has 0 aliphatic carbocycles. The Labute approximate surface area is 166 Å². The zero-order valence-corrected chi connectivity index (χ0v) is 17.0. The van der Waals surface area contributed by atoms with Gasteiger partial charge in [0.2, 0.25) is 10.0 Å². The van der Waals surface area contributed by atoms with Crippen LogP contribution in [0.3, 0.4) is 0 Å². The molecule has 3 aromatic rings. The Bertz CT molecular complexity index is 997. The minimum absolute atomic E-state index is 0.430. The highest BCUT2D eigenvalue weighted by Gasteiger charge is 2.12. The summed E-state index contributed by atoms with van der Waals surface area (Å²) in [5.74, 6) is 0. The maximum absolute atomic E-state index is 11.1. The van der Waals surface area contributed by atoms with E-state index in [0.717, 1.165) is 28.9 Å². The Hall–Kier alpha value is -2.48. The molecule has 0 aliphatic rings. The monoisotopic (exact) mass is 398 g/mol. The Morgan fingerprint density at radius 2 is 1.71 bits per heavy atom. The van der Waals surface area contributed by atoms with Crippen LogP contribution in [0.15, 0.2) is 60.8 Å². The van der Waals surface area contributed by atoms with E-state index in [1.807, 2.05) is 41.2 Å². The lowest BCUT2D eigenvalue weighted by atomic mass is 10.1. The topological polar surface area (TPSA) is 76.0 Å². The molecule has 0 spiro atoms. The van der Waals surface area contributed by atoms with Gasteiger partial charge in [-0.1, -0.05) is 48.0 Å². The molecule has 0 bridgehead atoms. The van der Waals surface area contributed by atoms with Crippen molar-refractivity contribution in [2.75, 3.05) is 19.3 Å². The standard InChI is InChI=1S/C21H26N4O2S/c1-17-9-11-18(12-10-17)21-19(15-22-13-6-14-23-28(2,26)27)16-25(24-21)20-7-4-3-5-8-20/h3-5,7-12,16,22-23H,6,13-15H2,1-2H3. The Morgan fingerprint density at radius 1 is 1.00 bits per heavy atom. The fourth-order valence-corrected chi connectivity index (χ4v) is 3.42. The molecule has 0 amide bonds. The summed E-state index contributed by atoms with van der Waals surface area (Å²) >= 11 is 0. The van der Waals surface area contributed by atoms with Crippen LogP contribution in [0.25, 0.3) is 16.9 Å². The van der Waals surface area contributed by atoms with E-state index >= 15 is 0 Å². The largest absolute Gasteiger partial charge is 0.312 e. The quantitative estimate of drug-likeness (QED) is 0.544. The Balaban J connectivity index is 1.73. The first-order valence-corrected chi connectivity index (χ1v) is 11.2. The van der Waals surface area contributed by atoms with Crippen molar-refractivity contribution in [3.05, 3.63) is 71.9 Å². The van der Waals surface area contributed by atoms with Crippen LogP contribution in [0.5, 0.6) is 0 Å². The van der Waals surface area contributed by atoms with Gasteiger partial charge in [0.1, 0.15) is 0 Å². The van der Waals surface area contributed by atoms with Crippen LogP contribution in [0, 0.1) is 6.92 Å². The van der Waals surface area contributed by atoms with E-state index in [4.69, 9.17) is 5.10 Å².